The van der Waals surface area contributed by atoms with Crippen molar-refractivity contribution in [2.45, 2.75) is 30.6 Å². The SMILES string of the molecule is CC1OCCC1n1cnnc1SCC(=O)O. The first kappa shape index (κ1) is 11.4. The first-order valence-corrected chi connectivity index (χ1v) is 6.02. The summed E-state index contributed by atoms with van der Waals surface area (Å²) in [6, 6.07) is 0.214. The number of carboxylic acids is 1. The fourth-order valence-electron chi connectivity index (χ4n) is 1.77. The fraction of sp³-hybridized carbons (Fsp3) is 0.667. The smallest absolute Gasteiger partial charge is 0.313 e. The molecule has 1 fully saturated rings. The Kier molecular flexibility index (Phi) is 3.45. The quantitative estimate of drug-likeness (QED) is 0.788. The molecule has 1 N–H and O–H groups in total. The van der Waals surface area contributed by atoms with Crippen molar-refractivity contribution in [3.8, 4) is 0 Å². The van der Waals surface area contributed by atoms with Crippen LogP contribution in [0.2, 0.25) is 0 Å². The van der Waals surface area contributed by atoms with Crippen LogP contribution in [0, 0.1) is 0 Å². The van der Waals surface area contributed by atoms with Crippen LogP contribution >= 0.6 is 11.8 Å². The molecule has 0 bridgehead atoms. The molecule has 7 heteroatoms. The lowest BCUT2D eigenvalue weighted by molar-refractivity contribution is -0.133. The molecule has 2 atom stereocenters. The summed E-state index contributed by atoms with van der Waals surface area (Å²) in [7, 11) is 0. The Morgan fingerprint density at radius 1 is 1.81 bits per heavy atom. The molecule has 6 nitrogen and oxygen atoms in total. The molecule has 1 aromatic heterocycles. The summed E-state index contributed by atoms with van der Waals surface area (Å²) in [5.41, 5.74) is 0. The van der Waals surface area contributed by atoms with E-state index >= 15 is 0 Å². The van der Waals surface area contributed by atoms with Crippen LogP contribution in [0.25, 0.3) is 0 Å². The second-order valence-corrected chi connectivity index (χ2v) is 4.58. The number of hydrogen-bond donors (Lipinski definition) is 1. The zero-order chi connectivity index (χ0) is 11.5. The van der Waals surface area contributed by atoms with Gasteiger partial charge in [-0.1, -0.05) is 11.8 Å². The highest BCUT2D eigenvalue weighted by Gasteiger charge is 2.27. The molecule has 0 saturated carbocycles. The van der Waals surface area contributed by atoms with Gasteiger partial charge in [0, 0.05) is 6.61 Å². The van der Waals surface area contributed by atoms with Crippen molar-refractivity contribution in [1.29, 1.82) is 0 Å². The Balaban J connectivity index is 2.09. The predicted octanol–water partition coefficient (Wildman–Crippen LogP) is 0.805. The molecular formula is C9H13N3O3S. The molecule has 0 spiro atoms. The normalized spacial score (nSPS) is 24.8. The van der Waals surface area contributed by atoms with Gasteiger partial charge in [-0.25, -0.2) is 0 Å². The van der Waals surface area contributed by atoms with E-state index in [4.69, 9.17) is 9.84 Å². The summed E-state index contributed by atoms with van der Waals surface area (Å²) >= 11 is 1.18. The Morgan fingerprint density at radius 3 is 3.25 bits per heavy atom. The molecule has 16 heavy (non-hydrogen) atoms. The lowest BCUT2D eigenvalue weighted by Gasteiger charge is -2.16. The van der Waals surface area contributed by atoms with Crippen molar-refractivity contribution >= 4 is 17.7 Å². The second-order valence-electron chi connectivity index (χ2n) is 3.64. The maximum Gasteiger partial charge on any atom is 0.313 e. The third kappa shape index (κ3) is 2.35. The van der Waals surface area contributed by atoms with Gasteiger partial charge < -0.3 is 14.4 Å². The highest BCUT2D eigenvalue weighted by Crippen LogP contribution is 2.29. The molecule has 0 radical (unpaired) electrons. The lowest BCUT2D eigenvalue weighted by atomic mass is 10.1. The molecule has 88 valence electrons. The molecule has 2 unspecified atom stereocenters. The molecule has 2 heterocycles. The number of aromatic nitrogens is 3. The summed E-state index contributed by atoms with van der Waals surface area (Å²) < 4.78 is 7.38. The third-order valence-electron chi connectivity index (χ3n) is 2.56. The van der Waals surface area contributed by atoms with Crippen LogP contribution in [-0.4, -0.2) is 44.3 Å². The molecule has 0 aromatic carbocycles. The third-order valence-corrected chi connectivity index (χ3v) is 3.50. The van der Waals surface area contributed by atoms with Crippen LogP contribution in [0.3, 0.4) is 0 Å². The van der Waals surface area contributed by atoms with Crippen LogP contribution in [0.4, 0.5) is 0 Å². The average molecular weight is 243 g/mol. The van der Waals surface area contributed by atoms with E-state index in [2.05, 4.69) is 10.2 Å². The van der Waals surface area contributed by atoms with E-state index in [1.54, 1.807) is 6.33 Å². The van der Waals surface area contributed by atoms with Gasteiger partial charge in [0.1, 0.15) is 6.33 Å². The number of nitrogens with zero attached hydrogens (tertiary/aromatic N) is 3. The van der Waals surface area contributed by atoms with Gasteiger partial charge >= 0.3 is 5.97 Å². The van der Waals surface area contributed by atoms with Crippen molar-refractivity contribution in [2.75, 3.05) is 12.4 Å². The van der Waals surface area contributed by atoms with Gasteiger partial charge in [-0.3, -0.25) is 4.79 Å². The molecule has 0 aliphatic carbocycles. The maximum atomic E-state index is 10.5. The molecule has 1 saturated heterocycles. The van der Waals surface area contributed by atoms with E-state index in [9.17, 15) is 4.79 Å². The lowest BCUT2D eigenvalue weighted by Crippen LogP contribution is -2.17. The Labute approximate surface area is 97.0 Å². The van der Waals surface area contributed by atoms with E-state index in [0.717, 1.165) is 13.0 Å². The van der Waals surface area contributed by atoms with E-state index < -0.39 is 5.97 Å². The summed E-state index contributed by atoms with van der Waals surface area (Å²) in [4.78, 5) is 10.5. The minimum Gasteiger partial charge on any atom is -0.481 e. The van der Waals surface area contributed by atoms with Gasteiger partial charge in [0.2, 0.25) is 0 Å². The zero-order valence-corrected chi connectivity index (χ0v) is 9.68. The highest BCUT2D eigenvalue weighted by atomic mass is 32.2. The molecular weight excluding hydrogens is 230 g/mol. The first-order valence-electron chi connectivity index (χ1n) is 5.04. The first-order chi connectivity index (χ1) is 7.68. The van der Waals surface area contributed by atoms with Crippen molar-refractivity contribution < 1.29 is 14.6 Å². The zero-order valence-electron chi connectivity index (χ0n) is 8.87. The number of thioether (sulfide) groups is 1. The van der Waals surface area contributed by atoms with Crippen LogP contribution in [0.15, 0.2) is 11.5 Å². The standard InChI is InChI=1S/C9H13N3O3S/c1-6-7(2-3-15-6)12-5-10-11-9(12)16-4-8(13)14/h5-7H,2-4H2,1H3,(H,13,14). The van der Waals surface area contributed by atoms with Gasteiger partial charge in [-0.15, -0.1) is 10.2 Å². The Hall–Kier alpha value is -1.08. The number of rotatable bonds is 4. The van der Waals surface area contributed by atoms with Crippen molar-refractivity contribution in [3.63, 3.8) is 0 Å². The van der Waals surface area contributed by atoms with E-state index in [0.29, 0.717) is 5.16 Å². The summed E-state index contributed by atoms with van der Waals surface area (Å²) in [6.45, 7) is 2.73. The van der Waals surface area contributed by atoms with Crippen molar-refractivity contribution in [1.82, 2.24) is 14.8 Å². The van der Waals surface area contributed by atoms with Gasteiger partial charge in [0.25, 0.3) is 0 Å². The van der Waals surface area contributed by atoms with Crippen molar-refractivity contribution in [3.05, 3.63) is 6.33 Å². The van der Waals surface area contributed by atoms with E-state index in [1.165, 1.54) is 11.8 Å². The molecule has 1 aromatic rings. The van der Waals surface area contributed by atoms with Gasteiger partial charge in [-0.05, 0) is 13.3 Å². The topological polar surface area (TPSA) is 77.2 Å². The highest BCUT2D eigenvalue weighted by molar-refractivity contribution is 7.99. The minimum absolute atomic E-state index is 0.000646. The van der Waals surface area contributed by atoms with E-state index in [-0.39, 0.29) is 17.9 Å². The van der Waals surface area contributed by atoms with Gasteiger partial charge in [0.05, 0.1) is 17.9 Å². The van der Waals surface area contributed by atoms with Gasteiger partial charge in [-0.2, -0.15) is 0 Å². The van der Waals surface area contributed by atoms with Crippen LogP contribution in [-0.2, 0) is 9.53 Å². The number of carboxylic acid groups (broad SMARTS) is 1. The largest absolute Gasteiger partial charge is 0.481 e. The second kappa shape index (κ2) is 4.84. The summed E-state index contributed by atoms with van der Waals surface area (Å²) in [5, 5.41) is 17.0. The fourth-order valence-corrected chi connectivity index (χ4v) is 2.46. The number of carbonyl (C=O) groups is 1. The number of aliphatic carboxylic acids is 1. The Morgan fingerprint density at radius 2 is 2.62 bits per heavy atom. The van der Waals surface area contributed by atoms with E-state index in [1.807, 2.05) is 11.5 Å². The molecule has 1 aliphatic heterocycles. The van der Waals surface area contributed by atoms with Crippen LogP contribution < -0.4 is 0 Å². The number of hydrogen-bond acceptors (Lipinski definition) is 5. The predicted molar refractivity (Wildman–Crippen MR) is 57.4 cm³/mol. The maximum absolute atomic E-state index is 10.5. The van der Waals surface area contributed by atoms with Crippen molar-refractivity contribution in [2.24, 2.45) is 0 Å². The minimum atomic E-state index is -0.852. The molecule has 1 aliphatic rings. The summed E-state index contributed by atoms with van der Waals surface area (Å²) in [6.07, 6.45) is 2.68. The average Bonchev–Trinajstić information content (AvgIpc) is 2.82. The Bertz CT molecular complexity index is 382. The van der Waals surface area contributed by atoms with Gasteiger partial charge in [0.15, 0.2) is 5.16 Å². The molecule has 2 rings (SSSR count). The van der Waals surface area contributed by atoms with Crippen LogP contribution in [0.1, 0.15) is 19.4 Å². The summed E-state index contributed by atoms with van der Waals surface area (Å²) in [5.74, 6) is -0.851. The molecule has 0 amide bonds. The monoisotopic (exact) mass is 243 g/mol. The van der Waals surface area contributed by atoms with Crippen LogP contribution in [0.5, 0.6) is 0 Å². The number of ether oxygens (including phenoxy) is 1.